The normalized spacial score (nSPS) is 12.8. The van der Waals surface area contributed by atoms with E-state index in [1.807, 2.05) is 0 Å². The van der Waals surface area contributed by atoms with E-state index in [2.05, 4.69) is 5.32 Å². The molecule has 5 nitrogen and oxygen atoms in total. The maximum atomic E-state index is 13.2. The zero-order valence-electron chi connectivity index (χ0n) is 16.5. The van der Waals surface area contributed by atoms with Crippen LogP contribution in [0.15, 0.2) is 48.5 Å². The highest BCUT2D eigenvalue weighted by atomic mass is 19.4. The topological polar surface area (TPSA) is 64.6 Å². The van der Waals surface area contributed by atoms with Crippen molar-refractivity contribution in [1.29, 1.82) is 0 Å². The first-order valence-electron chi connectivity index (χ1n) is 8.76. The van der Waals surface area contributed by atoms with Crippen molar-refractivity contribution >= 4 is 12.1 Å². The summed E-state index contributed by atoms with van der Waals surface area (Å²) in [4.78, 5) is 24.2. The fourth-order valence-corrected chi connectivity index (χ4v) is 2.66. The summed E-state index contributed by atoms with van der Waals surface area (Å²) >= 11 is 0. The van der Waals surface area contributed by atoms with Gasteiger partial charge >= 0.3 is 18.2 Å². The van der Waals surface area contributed by atoms with Crippen LogP contribution in [0.2, 0.25) is 0 Å². The van der Waals surface area contributed by atoms with E-state index in [-0.39, 0.29) is 5.56 Å². The maximum Gasteiger partial charge on any atom is 0.417 e. The Morgan fingerprint density at radius 2 is 1.55 bits per heavy atom. The third-order valence-corrected chi connectivity index (χ3v) is 3.89. The molecule has 0 fully saturated rings. The second-order valence-electron chi connectivity index (χ2n) is 7.27. The van der Waals surface area contributed by atoms with Gasteiger partial charge < -0.3 is 14.8 Å². The van der Waals surface area contributed by atoms with Crippen molar-refractivity contribution in [1.82, 2.24) is 5.32 Å². The second kappa shape index (κ2) is 8.55. The highest BCUT2D eigenvalue weighted by Gasteiger charge is 2.33. The Bertz CT molecular complexity index is 871. The number of ether oxygens (including phenoxy) is 2. The maximum absolute atomic E-state index is 13.2. The van der Waals surface area contributed by atoms with E-state index in [4.69, 9.17) is 9.47 Å². The van der Waals surface area contributed by atoms with Crippen molar-refractivity contribution in [3.63, 3.8) is 0 Å². The summed E-state index contributed by atoms with van der Waals surface area (Å²) < 4.78 is 49.6. The lowest BCUT2D eigenvalue weighted by molar-refractivity contribution is -0.143. The molecule has 2 aromatic carbocycles. The minimum absolute atomic E-state index is 0.0151. The summed E-state index contributed by atoms with van der Waals surface area (Å²) in [6.45, 7) is 5.02. The molecule has 1 N–H and O–H groups in total. The molecule has 0 bridgehead atoms. The first-order valence-corrected chi connectivity index (χ1v) is 8.76. The number of carbonyl (C=O) groups is 2. The van der Waals surface area contributed by atoms with Crippen LogP contribution in [0.1, 0.15) is 37.9 Å². The van der Waals surface area contributed by atoms with Gasteiger partial charge in [0.15, 0.2) is 6.04 Å². The Hall–Kier alpha value is -3.03. The van der Waals surface area contributed by atoms with Gasteiger partial charge in [-0.3, -0.25) is 0 Å². The highest BCUT2D eigenvalue weighted by Crippen LogP contribution is 2.37. The van der Waals surface area contributed by atoms with Crippen molar-refractivity contribution in [2.24, 2.45) is 0 Å². The van der Waals surface area contributed by atoms with E-state index in [0.29, 0.717) is 11.1 Å². The van der Waals surface area contributed by atoms with Crippen molar-refractivity contribution in [3.05, 3.63) is 59.7 Å². The van der Waals surface area contributed by atoms with E-state index in [0.717, 1.165) is 6.07 Å². The zero-order chi connectivity index (χ0) is 21.8. The standard InChI is InChI=1S/C21H22F3NO4/c1-20(2,3)29-19(27)25-17(18(26)28-4)14-11-9-13(10-12-14)15-7-5-6-8-16(15)21(22,23)24/h5-12,17H,1-4H3,(H,25,27). The van der Waals surface area contributed by atoms with Gasteiger partial charge in [-0.2, -0.15) is 13.2 Å². The second-order valence-corrected chi connectivity index (χ2v) is 7.27. The van der Waals surface area contributed by atoms with Gasteiger partial charge in [0.1, 0.15) is 5.60 Å². The number of halogens is 3. The van der Waals surface area contributed by atoms with Crippen LogP contribution in [-0.2, 0) is 20.4 Å². The fraction of sp³-hybridized carbons (Fsp3) is 0.333. The average molecular weight is 409 g/mol. The quantitative estimate of drug-likeness (QED) is 0.713. The van der Waals surface area contributed by atoms with Gasteiger partial charge in [0.2, 0.25) is 0 Å². The Morgan fingerprint density at radius 1 is 0.966 bits per heavy atom. The minimum Gasteiger partial charge on any atom is -0.467 e. The zero-order valence-corrected chi connectivity index (χ0v) is 16.5. The van der Waals surface area contributed by atoms with Crippen LogP contribution in [0.4, 0.5) is 18.0 Å². The van der Waals surface area contributed by atoms with Crippen LogP contribution in [-0.4, -0.2) is 24.8 Å². The molecule has 0 aromatic heterocycles. The SMILES string of the molecule is COC(=O)C(NC(=O)OC(C)(C)C)c1ccc(-c2ccccc2C(F)(F)F)cc1. The third kappa shape index (κ3) is 5.97. The molecule has 8 heteroatoms. The van der Waals surface area contributed by atoms with E-state index >= 15 is 0 Å². The number of amides is 1. The van der Waals surface area contributed by atoms with Gasteiger partial charge in [0.25, 0.3) is 0 Å². The first kappa shape index (κ1) is 22.3. The molecule has 0 heterocycles. The third-order valence-electron chi connectivity index (χ3n) is 3.89. The molecule has 0 spiro atoms. The summed E-state index contributed by atoms with van der Waals surface area (Å²) in [6, 6.07) is 9.86. The molecular formula is C21H22F3NO4. The summed E-state index contributed by atoms with van der Waals surface area (Å²) in [7, 11) is 1.17. The monoisotopic (exact) mass is 409 g/mol. The molecule has 1 unspecified atom stereocenters. The molecule has 0 aliphatic heterocycles. The lowest BCUT2D eigenvalue weighted by Crippen LogP contribution is -2.38. The number of benzene rings is 2. The Balaban J connectivity index is 2.33. The number of nitrogens with one attached hydrogen (secondary N) is 1. The van der Waals surface area contributed by atoms with Crippen LogP contribution in [0, 0.1) is 0 Å². The van der Waals surface area contributed by atoms with Crippen LogP contribution < -0.4 is 5.32 Å². The molecule has 1 atom stereocenters. The number of hydrogen-bond donors (Lipinski definition) is 1. The fourth-order valence-electron chi connectivity index (χ4n) is 2.66. The molecule has 0 radical (unpaired) electrons. The molecule has 0 aliphatic carbocycles. The van der Waals surface area contributed by atoms with Crippen molar-refractivity contribution in [2.75, 3.05) is 7.11 Å². The number of esters is 1. The van der Waals surface area contributed by atoms with Gasteiger partial charge in [0, 0.05) is 0 Å². The lowest BCUT2D eigenvalue weighted by Gasteiger charge is -2.23. The van der Waals surface area contributed by atoms with Gasteiger partial charge in [-0.05, 0) is 43.5 Å². The molecule has 2 rings (SSSR count). The van der Waals surface area contributed by atoms with Gasteiger partial charge in [-0.15, -0.1) is 0 Å². The number of carbonyl (C=O) groups excluding carboxylic acids is 2. The van der Waals surface area contributed by atoms with Crippen LogP contribution in [0.3, 0.4) is 0 Å². The van der Waals surface area contributed by atoms with Crippen molar-refractivity contribution < 1.29 is 32.2 Å². The summed E-state index contributed by atoms with van der Waals surface area (Å²) in [5.74, 6) is -0.737. The van der Waals surface area contributed by atoms with Gasteiger partial charge in [0.05, 0.1) is 12.7 Å². The number of methoxy groups -OCH3 is 1. The summed E-state index contributed by atoms with van der Waals surface area (Å²) in [5.41, 5.74) is -0.848. The van der Waals surface area contributed by atoms with E-state index < -0.39 is 35.4 Å². The largest absolute Gasteiger partial charge is 0.467 e. The Labute approximate surface area is 166 Å². The van der Waals surface area contributed by atoms with Gasteiger partial charge in [-0.25, -0.2) is 9.59 Å². The first-order chi connectivity index (χ1) is 13.4. The smallest absolute Gasteiger partial charge is 0.417 e. The van der Waals surface area contributed by atoms with Crippen LogP contribution in [0.5, 0.6) is 0 Å². The molecular weight excluding hydrogens is 387 g/mol. The number of alkyl halides is 3. The number of rotatable bonds is 4. The molecule has 0 saturated heterocycles. The Morgan fingerprint density at radius 3 is 2.07 bits per heavy atom. The summed E-state index contributed by atoms with van der Waals surface area (Å²) in [6.07, 6.45) is -5.32. The molecule has 29 heavy (non-hydrogen) atoms. The minimum atomic E-state index is -4.50. The number of alkyl carbamates (subject to hydrolysis) is 1. The summed E-state index contributed by atoms with van der Waals surface area (Å²) in [5, 5.41) is 2.42. The van der Waals surface area contributed by atoms with E-state index in [1.165, 1.54) is 49.6 Å². The van der Waals surface area contributed by atoms with E-state index in [1.54, 1.807) is 20.8 Å². The Kier molecular flexibility index (Phi) is 6.56. The van der Waals surface area contributed by atoms with Gasteiger partial charge in [-0.1, -0.05) is 42.5 Å². The van der Waals surface area contributed by atoms with Crippen molar-refractivity contribution in [3.8, 4) is 11.1 Å². The molecule has 0 saturated carbocycles. The van der Waals surface area contributed by atoms with Crippen molar-refractivity contribution in [2.45, 2.75) is 38.6 Å². The molecule has 0 aliphatic rings. The highest BCUT2D eigenvalue weighted by molar-refractivity contribution is 5.83. The molecule has 2 aromatic rings. The predicted molar refractivity (Wildman–Crippen MR) is 101 cm³/mol. The van der Waals surface area contributed by atoms with Crippen LogP contribution >= 0.6 is 0 Å². The van der Waals surface area contributed by atoms with E-state index in [9.17, 15) is 22.8 Å². The average Bonchev–Trinajstić information content (AvgIpc) is 2.63. The lowest BCUT2D eigenvalue weighted by atomic mass is 9.97. The van der Waals surface area contributed by atoms with Crippen LogP contribution in [0.25, 0.3) is 11.1 Å². The predicted octanol–water partition coefficient (Wildman–Crippen LogP) is 5.11. The number of hydrogen-bond acceptors (Lipinski definition) is 4. The molecule has 156 valence electrons. The molecule has 1 amide bonds.